The molecule has 29 heavy (non-hydrogen) atoms. The van der Waals surface area contributed by atoms with E-state index in [1.165, 1.54) is 25.7 Å². The predicted molar refractivity (Wildman–Crippen MR) is 113 cm³/mol. The highest BCUT2D eigenvalue weighted by Crippen LogP contribution is 2.30. The molecule has 2 N–H and O–H groups in total. The van der Waals surface area contributed by atoms with Crippen LogP contribution in [0.2, 0.25) is 0 Å². The number of hydrogen-bond acceptors (Lipinski definition) is 5. The molecule has 0 atom stereocenters. The van der Waals surface area contributed by atoms with Gasteiger partial charge in [0, 0.05) is 36.6 Å². The molecule has 7 heteroatoms. The Morgan fingerprint density at radius 1 is 1.24 bits per heavy atom. The number of aromatic nitrogens is 5. The van der Waals surface area contributed by atoms with E-state index in [1.807, 2.05) is 35.1 Å². The topological polar surface area (TPSA) is 82.3 Å². The minimum Gasteiger partial charge on any atom is -0.392 e. The van der Waals surface area contributed by atoms with E-state index in [-0.39, 0.29) is 6.61 Å². The molecule has 4 aromatic rings. The van der Waals surface area contributed by atoms with Gasteiger partial charge < -0.3 is 10.0 Å². The fourth-order valence-corrected chi connectivity index (χ4v) is 4.28. The average Bonchev–Trinajstić information content (AvgIpc) is 3.53. The van der Waals surface area contributed by atoms with Gasteiger partial charge in [-0.15, -0.1) is 0 Å². The first-order chi connectivity index (χ1) is 14.2. The molecule has 4 aromatic heterocycles. The largest absolute Gasteiger partial charge is 0.392 e. The summed E-state index contributed by atoms with van der Waals surface area (Å²) in [5.74, 6) is 0.992. The summed E-state index contributed by atoms with van der Waals surface area (Å²) in [5.41, 5.74) is 5.27. The van der Waals surface area contributed by atoms with Gasteiger partial charge in [-0.3, -0.25) is 9.50 Å². The molecule has 0 amide bonds. The second-order valence-electron chi connectivity index (χ2n) is 7.66. The first-order valence-electron chi connectivity index (χ1n) is 10.0. The van der Waals surface area contributed by atoms with Crippen molar-refractivity contribution in [3.8, 4) is 22.5 Å². The fourth-order valence-electron chi connectivity index (χ4n) is 4.28. The summed E-state index contributed by atoms with van der Waals surface area (Å²) < 4.78 is 2.03. The highest BCUT2D eigenvalue weighted by molar-refractivity contribution is 5.71. The van der Waals surface area contributed by atoms with E-state index in [1.54, 1.807) is 6.20 Å². The Bertz CT molecular complexity index is 1130. The number of aliphatic hydroxyl groups excluding tert-OH is 1. The number of aromatic amines is 1. The van der Waals surface area contributed by atoms with Crippen molar-refractivity contribution in [1.82, 2.24) is 24.6 Å². The molecule has 0 aliphatic heterocycles. The predicted octanol–water partition coefficient (Wildman–Crippen LogP) is 3.66. The van der Waals surface area contributed by atoms with Crippen molar-refractivity contribution in [2.75, 3.05) is 11.9 Å². The number of H-pyrrole nitrogens is 1. The van der Waals surface area contributed by atoms with Crippen LogP contribution in [0.15, 0.2) is 49.1 Å². The maximum absolute atomic E-state index is 9.82. The highest BCUT2D eigenvalue weighted by atomic mass is 16.3. The fraction of sp³-hybridized carbons (Fsp3) is 0.318. The van der Waals surface area contributed by atoms with E-state index in [0.717, 1.165) is 39.5 Å². The van der Waals surface area contributed by atoms with Gasteiger partial charge in [0.1, 0.15) is 11.5 Å². The Hall–Kier alpha value is -3.19. The number of imidazole rings is 1. The third-order valence-electron chi connectivity index (χ3n) is 5.94. The standard InChI is InChI=1S/C22H24N6O/c1-27(17-5-2-3-6-17)21-8-4-7-19(26-21)20-12-23-22-9-15(14-29)18(13-28(20)22)16-10-24-25-11-16/h4,7-13,17,29H,2-3,5-6,14H2,1H3,(H,24,25). The molecule has 1 saturated carbocycles. The molecule has 4 heterocycles. The van der Waals surface area contributed by atoms with Crippen molar-refractivity contribution >= 4 is 11.5 Å². The van der Waals surface area contributed by atoms with Crippen LogP contribution in [-0.4, -0.2) is 42.8 Å². The summed E-state index contributed by atoms with van der Waals surface area (Å²) in [4.78, 5) is 11.8. The number of fused-ring (bicyclic) bond motifs is 1. The second kappa shape index (κ2) is 7.33. The Kier molecular flexibility index (Phi) is 4.52. The van der Waals surface area contributed by atoms with Gasteiger partial charge in [0.2, 0.25) is 0 Å². The van der Waals surface area contributed by atoms with Gasteiger partial charge in [0.25, 0.3) is 0 Å². The smallest absolute Gasteiger partial charge is 0.137 e. The molecule has 0 bridgehead atoms. The van der Waals surface area contributed by atoms with Crippen molar-refractivity contribution in [2.24, 2.45) is 0 Å². The summed E-state index contributed by atoms with van der Waals surface area (Å²) >= 11 is 0. The Labute approximate surface area is 169 Å². The lowest BCUT2D eigenvalue weighted by molar-refractivity contribution is 0.282. The van der Waals surface area contributed by atoms with Crippen LogP contribution in [0.1, 0.15) is 31.2 Å². The zero-order valence-corrected chi connectivity index (χ0v) is 16.4. The van der Waals surface area contributed by atoms with Crippen LogP contribution >= 0.6 is 0 Å². The number of aliphatic hydroxyl groups is 1. The van der Waals surface area contributed by atoms with Gasteiger partial charge in [0.05, 0.1) is 30.4 Å². The van der Waals surface area contributed by atoms with Crippen molar-refractivity contribution in [3.05, 3.63) is 54.6 Å². The summed E-state index contributed by atoms with van der Waals surface area (Å²) in [6, 6.07) is 8.64. The molecule has 1 aliphatic rings. The molecule has 0 saturated heterocycles. The maximum Gasteiger partial charge on any atom is 0.137 e. The Balaban J connectivity index is 1.59. The summed E-state index contributed by atoms with van der Waals surface area (Å²) in [6.07, 6.45) is 12.5. The van der Waals surface area contributed by atoms with E-state index in [4.69, 9.17) is 4.98 Å². The molecule has 0 aromatic carbocycles. The van der Waals surface area contributed by atoms with Gasteiger partial charge in [0.15, 0.2) is 0 Å². The quantitative estimate of drug-likeness (QED) is 0.545. The number of anilines is 1. The third-order valence-corrected chi connectivity index (χ3v) is 5.94. The summed E-state index contributed by atoms with van der Waals surface area (Å²) in [5, 5.41) is 16.7. The van der Waals surface area contributed by atoms with Gasteiger partial charge in [-0.05, 0) is 36.6 Å². The van der Waals surface area contributed by atoms with Crippen LogP contribution in [0.4, 0.5) is 5.82 Å². The van der Waals surface area contributed by atoms with E-state index < -0.39 is 0 Å². The van der Waals surface area contributed by atoms with Crippen molar-refractivity contribution in [3.63, 3.8) is 0 Å². The van der Waals surface area contributed by atoms with Crippen molar-refractivity contribution in [1.29, 1.82) is 0 Å². The summed E-state index contributed by atoms with van der Waals surface area (Å²) in [7, 11) is 2.14. The van der Waals surface area contributed by atoms with Crippen LogP contribution in [0.5, 0.6) is 0 Å². The van der Waals surface area contributed by atoms with Crippen LogP contribution in [-0.2, 0) is 6.61 Å². The first kappa shape index (κ1) is 17.9. The van der Waals surface area contributed by atoms with Crippen LogP contribution in [0.25, 0.3) is 28.2 Å². The summed E-state index contributed by atoms with van der Waals surface area (Å²) in [6.45, 7) is -0.0564. The average molecular weight is 388 g/mol. The van der Waals surface area contributed by atoms with E-state index in [2.05, 4.69) is 39.3 Å². The number of pyridine rings is 2. The van der Waals surface area contributed by atoms with Gasteiger partial charge in [-0.25, -0.2) is 9.97 Å². The highest BCUT2D eigenvalue weighted by Gasteiger charge is 2.21. The number of rotatable bonds is 5. The van der Waals surface area contributed by atoms with Crippen LogP contribution < -0.4 is 4.90 Å². The first-order valence-corrected chi connectivity index (χ1v) is 10.0. The number of nitrogens with zero attached hydrogens (tertiary/aromatic N) is 5. The van der Waals surface area contributed by atoms with Gasteiger partial charge >= 0.3 is 0 Å². The molecule has 1 fully saturated rings. The number of nitrogens with one attached hydrogen (secondary N) is 1. The molecule has 0 radical (unpaired) electrons. The SMILES string of the molecule is CN(c1cccc(-c2cnc3cc(CO)c(-c4cn[nH]c4)cn23)n1)C1CCCC1. The van der Waals surface area contributed by atoms with E-state index in [0.29, 0.717) is 6.04 Å². The van der Waals surface area contributed by atoms with Gasteiger partial charge in [-0.1, -0.05) is 18.9 Å². The Morgan fingerprint density at radius 3 is 2.86 bits per heavy atom. The van der Waals surface area contributed by atoms with Gasteiger partial charge in [-0.2, -0.15) is 5.10 Å². The lowest BCUT2D eigenvalue weighted by Crippen LogP contribution is -2.29. The molecule has 0 spiro atoms. The van der Waals surface area contributed by atoms with Crippen LogP contribution in [0.3, 0.4) is 0 Å². The lowest BCUT2D eigenvalue weighted by Gasteiger charge is -2.25. The second-order valence-corrected chi connectivity index (χ2v) is 7.66. The molecule has 148 valence electrons. The monoisotopic (exact) mass is 388 g/mol. The normalized spacial score (nSPS) is 14.7. The molecule has 7 nitrogen and oxygen atoms in total. The zero-order valence-electron chi connectivity index (χ0n) is 16.4. The minimum absolute atomic E-state index is 0.0564. The van der Waals surface area contributed by atoms with Crippen molar-refractivity contribution < 1.29 is 5.11 Å². The molecule has 1 aliphatic carbocycles. The molecular formula is C22H24N6O. The molecule has 5 rings (SSSR count). The van der Waals surface area contributed by atoms with E-state index in [9.17, 15) is 5.11 Å². The molecule has 0 unspecified atom stereocenters. The molecular weight excluding hydrogens is 364 g/mol. The van der Waals surface area contributed by atoms with Crippen molar-refractivity contribution in [2.45, 2.75) is 38.3 Å². The number of hydrogen-bond donors (Lipinski definition) is 2. The van der Waals surface area contributed by atoms with Crippen LogP contribution in [0, 0.1) is 0 Å². The zero-order chi connectivity index (χ0) is 19.8. The van der Waals surface area contributed by atoms with E-state index >= 15 is 0 Å². The lowest BCUT2D eigenvalue weighted by atomic mass is 10.1. The third kappa shape index (κ3) is 3.17. The maximum atomic E-state index is 9.82. The minimum atomic E-state index is -0.0564. The Morgan fingerprint density at radius 2 is 2.10 bits per heavy atom.